The third kappa shape index (κ3) is 12.9. The van der Waals surface area contributed by atoms with Crippen molar-refractivity contribution in [1.82, 2.24) is 15.0 Å². The number of nitrogen functional groups attached to an aromatic ring is 1. The number of aromatic nitrogens is 3. The zero-order valence-corrected chi connectivity index (χ0v) is 28.1. The molecular formula is C38H41Br2IN4. The van der Waals surface area contributed by atoms with Gasteiger partial charge in [-0.2, -0.15) is 0 Å². The molecule has 1 aliphatic carbocycles. The Morgan fingerprint density at radius 3 is 1.69 bits per heavy atom. The minimum Gasteiger partial charge on any atom is -0.398 e. The summed E-state index contributed by atoms with van der Waals surface area (Å²) >= 11 is 8.98. The van der Waals surface area contributed by atoms with Gasteiger partial charge in [-0.1, -0.05) is 95.1 Å². The maximum absolute atomic E-state index is 5.43. The highest BCUT2D eigenvalue weighted by atomic mass is 127. The molecule has 234 valence electrons. The summed E-state index contributed by atoms with van der Waals surface area (Å²) in [6, 6.07) is 35.1. The van der Waals surface area contributed by atoms with Gasteiger partial charge < -0.3 is 5.73 Å². The maximum Gasteiger partial charge on any atom is 0.0588 e. The molecule has 0 fully saturated rings. The zero-order valence-electron chi connectivity index (χ0n) is 22.7. The Balaban J connectivity index is 0.000000304. The largest absolute Gasteiger partial charge is 0.398 e. The number of fused-ring (bicyclic) bond motifs is 3. The molecule has 4 nitrogen and oxygen atoms in total. The van der Waals surface area contributed by atoms with Crippen molar-refractivity contribution in [2.75, 3.05) is 5.73 Å². The van der Waals surface area contributed by atoms with Crippen molar-refractivity contribution in [3.63, 3.8) is 0 Å². The molecule has 0 saturated carbocycles. The minimum absolute atomic E-state index is 0. The molecular weight excluding hydrogens is 799 g/mol. The normalized spacial score (nSPS) is 9.67. The topological polar surface area (TPSA) is 64.7 Å². The van der Waals surface area contributed by atoms with Crippen LogP contribution in [-0.2, 0) is 12.8 Å². The van der Waals surface area contributed by atoms with Gasteiger partial charge >= 0.3 is 0 Å². The van der Waals surface area contributed by atoms with Crippen molar-refractivity contribution in [1.29, 1.82) is 0 Å². The third-order valence-corrected chi connectivity index (χ3v) is 8.33. The number of nitrogens with two attached hydrogens (primary N) is 1. The van der Waals surface area contributed by atoms with Crippen molar-refractivity contribution in [3.05, 3.63) is 175 Å². The Labute approximate surface area is 300 Å². The summed E-state index contributed by atoms with van der Waals surface area (Å²) in [6.45, 7) is 0. The monoisotopic (exact) mass is 838 g/mol. The summed E-state index contributed by atoms with van der Waals surface area (Å²) < 4.78 is 3.21. The Kier molecular flexibility index (Phi) is 18.8. The highest BCUT2D eigenvalue weighted by Crippen LogP contribution is 2.35. The average Bonchev–Trinajstić information content (AvgIpc) is 3.41. The molecule has 7 heteroatoms. The number of anilines is 1. The molecule has 0 spiro atoms. The number of pyridine rings is 3. The highest BCUT2D eigenvalue weighted by Gasteiger charge is 2.16. The lowest BCUT2D eigenvalue weighted by atomic mass is 10.1. The second-order valence-electron chi connectivity index (χ2n) is 9.19. The van der Waals surface area contributed by atoms with Crippen LogP contribution < -0.4 is 5.73 Å². The molecule has 3 aromatic heterocycles. The molecule has 3 heterocycles. The van der Waals surface area contributed by atoms with E-state index in [0.29, 0.717) is 0 Å². The van der Waals surface area contributed by atoms with Gasteiger partial charge in [0.2, 0.25) is 0 Å². The van der Waals surface area contributed by atoms with E-state index >= 15 is 0 Å². The Bertz CT molecular complexity index is 1620. The van der Waals surface area contributed by atoms with Gasteiger partial charge in [-0.05, 0) is 125 Å². The maximum atomic E-state index is 5.43. The first-order valence-electron chi connectivity index (χ1n) is 13.2. The number of hydrogen-bond acceptors (Lipinski definition) is 4. The number of benzene rings is 3. The molecule has 0 atom stereocenters. The van der Waals surface area contributed by atoms with Crippen LogP contribution in [0.3, 0.4) is 0 Å². The fraction of sp³-hybridized carbons (Fsp3) is 0.132. The van der Waals surface area contributed by atoms with E-state index in [-0.39, 0.29) is 22.3 Å². The SMILES string of the molecule is Brc1cnccc1Cc1ccccc1.C.C.C.Ic1ccccc1.Nc1ccncc1Br.c1ccc2c(c1)Cc1ccncc1-2. The molecule has 0 bridgehead atoms. The van der Waals surface area contributed by atoms with E-state index in [4.69, 9.17) is 5.73 Å². The second kappa shape index (κ2) is 21.4. The predicted molar refractivity (Wildman–Crippen MR) is 209 cm³/mol. The van der Waals surface area contributed by atoms with Crippen molar-refractivity contribution >= 4 is 60.1 Å². The number of nitrogens with zero attached hydrogens (tertiary/aromatic N) is 3. The van der Waals surface area contributed by atoms with Crippen LogP contribution in [0.15, 0.2) is 149 Å². The van der Waals surface area contributed by atoms with Crippen molar-refractivity contribution < 1.29 is 0 Å². The van der Waals surface area contributed by atoms with Crippen molar-refractivity contribution in [3.8, 4) is 11.1 Å². The lowest BCUT2D eigenvalue weighted by Crippen LogP contribution is -1.89. The van der Waals surface area contributed by atoms with Gasteiger partial charge in [-0.25, -0.2) is 0 Å². The van der Waals surface area contributed by atoms with Gasteiger partial charge in [0.25, 0.3) is 0 Å². The first kappa shape index (κ1) is 39.6. The van der Waals surface area contributed by atoms with Crippen LogP contribution in [0.1, 0.15) is 44.5 Å². The molecule has 1 aliphatic rings. The van der Waals surface area contributed by atoms with Gasteiger partial charge in [-0.15, -0.1) is 0 Å². The summed E-state index contributed by atoms with van der Waals surface area (Å²) in [5, 5.41) is 0. The highest BCUT2D eigenvalue weighted by molar-refractivity contribution is 14.1. The first-order valence-corrected chi connectivity index (χ1v) is 15.9. The molecule has 0 radical (unpaired) electrons. The summed E-state index contributed by atoms with van der Waals surface area (Å²) in [5.41, 5.74) is 14.2. The van der Waals surface area contributed by atoms with E-state index in [1.54, 1.807) is 18.5 Å². The van der Waals surface area contributed by atoms with Crippen LogP contribution in [0.5, 0.6) is 0 Å². The molecule has 0 amide bonds. The van der Waals surface area contributed by atoms with Crippen LogP contribution in [-0.4, -0.2) is 15.0 Å². The molecule has 0 aliphatic heterocycles. The van der Waals surface area contributed by atoms with Crippen LogP contribution in [0.4, 0.5) is 5.69 Å². The van der Waals surface area contributed by atoms with E-state index in [0.717, 1.165) is 27.5 Å². The fourth-order valence-electron chi connectivity index (χ4n) is 4.13. The summed E-state index contributed by atoms with van der Waals surface area (Å²) in [6.07, 6.45) is 12.8. The number of hydrogen-bond donors (Lipinski definition) is 1. The summed E-state index contributed by atoms with van der Waals surface area (Å²) in [7, 11) is 0. The zero-order chi connectivity index (χ0) is 29.6. The van der Waals surface area contributed by atoms with Gasteiger partial charge in [0.05, 0.1) is 4.47 Å². The standard InChI is InChI=1S/C12H10BrN.C12H9N.C6H5I.C5H5BrN2.3CH4/c13-12-9-14-7-6-11(12)8-10-4-2-1-3-5-10;1-2-4-11-9(3-1)7-10-5-6-13-8-12(10)11;7-6-4-2-1-3-5-6;6-4-3-8-2-1-5(4)7;;;/h1-7,9H,8H2;1-6,8H,7H2;1-5H;1-3H,(H2,7,8);3*1H4. The molecule has 6 aromatic rings. The average molecular weight is 840 g/mol. The molecule has 2 N–H and O–H groups in total. The van der Waals surface area contributed by atoms with E-state index in [9.17, 15) is 0 Å². The molecule has 7 rings (SSSR count). The summed E-state index contributed by atoms with van der Waals surface area (Å²) in [5.74, 6) is 0. The van der Waals surface area contributed by atoms with Crippen molar-refractivity contribution in [2.45, 2.75) is 35.1 Å². The summed E-state index contributed by atoms with van der Waals surface area (Å²) in [4.78, 5) is 12.0. The molecule has 0 saturated heterocycles. The van der Waals surface area contributed by atoms with Gasteiger partial charge in [0, 0.05) is 56.5 Å². The lowest BCUT2D eigenvalue weighted by molar-refractivity contribution is 1.14. The second-order valence-corrected chi connectivity index (χ2v) is 12.1. The fourth-order valence-corrected chi connectivity index (χ4v) is 5.18. The van der Waals surface area contributed by atoms with E-state index in [2.05, 4.69) is 136 Å². The minimum atomic E-state index is 0. The Morgan fingerprint density at radius 1 is 0.578 bits per heavy atom. The first-order chi connectivity index (χ1) is 20.5. The van der Waals surface area contributed by atoms with Crippen LogP contribution >= 0.6 is 54.5 Å². The van der Waals surface area contributed by atoms with E-state index in [1.807, 2.05) is 55.1 Å². The Morgan fingerprint density at radius 2 is 1.11 bits per heavy atom. The van der Waals surface area contributed by atoms with Crippen LogP contribution in [0.25, 0.3) is 11.1 Å². The third-order valence-electron chi connectivity index (χ3n) is 6.23. The van der Waals surface area contributed by atoms with Gasteiger partial charge in [0.15, 0.2) is 0 Å². The predicted octanol–water partition coefficient (Wildman–Crippen LogP) is 11.7. The quantitative estimate of drug-likeness (QED) is 0.176. The number of rotatable bonds is 2. The van der Waals surface area contributed by atoms with Gasteiger partial charge in [-0.3, -0.25) is 15.0 Å². The van der Waals surface area contributed by atoms with E-state index < -0.39 is 0 Å². The molecule has 45 heavy (non-hydrogen) atoms. The molecule has 0 unspecified atom stereocenters. The number of halogens is 3. The Hall–Kier alpha value is -3.40. The van der Waals surface area contributed by atoms with Crippen LogP contribution in [0.2, 0.25) is 0 Å². The van der Waals surface area contributed by atoms with Crippen molar-refractivity contribution in [2.24, 2.45) is 0 Å². The van der Waals surface area contributed by atoms with E-state index in [1.165, 1.54) is 37.0 Å². The lowest BCUT2D eigenvalue weighted by Gasteiger charge is -2.03. The molecule has 3 aromatic carbocycles. The van der Waals surface area contributed by atoms with Gasteiger partial charge in [0.1, 0.15) is 0 Å². The van der Waals surface area contributed by atoms with Crippen LogP contribution in [0, 0.1) is 3.57 Å². The smallest absolute Gasteiger partial charge is 0.0588 e.